The van der Waals surface area contributed by atoms with Crippen LogP contribution in [0.1, 0.15) is 42.7 Å². The van der Waals surface area contributed by atoms with Crippen molar-refractivity contribution in [1.82, 2.24) is 5.32 Å². The average Bonchev–Trinajstić information content (AvgIpc) is 2.91. The highest BCUT2D eigenvalue weighted by molar-refractivity contribution is 6.04. The van der Waals surface area contributed by atoms with Crippen molar-refractivity contribution >= 4 is 11.8 Å². The van der Waals surface area contributed by atoms with Crippen LogP contribution in [0.15, 0.2) is 58.9 Å². The van der Waals surface area contributed by atoms with E-state index < -0.39 is 11.9 Å². The van der Waals surface area contributed by atoms with Gasteiger partial charge in [-0.25, -0.2) is 4.79 Å². The molecule has 0 fully saturated rings. The monoisotopic (exact) mass is 523 g/mol. The van der Waals surface area contributed by atoms with Gasteiger partial charge in [0.1, 0.15) is 6.61 Å². The zero-order chi connectivity index (χ0) is 27.4. The summed E-state index contributed by atoms with van der Waals surface area (Å²) < 4.78 is 26.5. The number of nitrogens with one attached hydrogen (secondary N) is 1. The molecule has 2 atom stereocenters. The van der Waals surface area contributed by atoms with E-state index in [0.717, 1.165) is 11.3 Å². The van der Waals surface area contributed by atoms with E-state index in [9.17, 15) is 14.7 Å². The molecule has 2 aromatic carbocycles. The number of aromatic hydroxyl groups is 1. The number of phenolic OH excluding ortho intramolecular Hbond substituents is 1. The number of ether oxygens (including phenoxy) is 5. The molecule has 0 radical (unpaired) electrons. The number of dihydropyridines is 1. The minimum absolute atomic E-state index is 0.0773. The number of esters is 1. The molecule has 2 aromatic rings. The van der Waals surface area contributed by atoms with Gasteiger partial charge in [0.25, 0.3) is 0 Å². The highest BCUT2D eigenvalue weighted by Crippen LogP contribution is 2.47. The van der Waals surface area contributed by atoms with Crippen LogP contribution in [0.4, 0.5) is 0 Å². The van der Waals surface area contributed by atoms with Gasteiger partial charge in [0, 0.05) is 36.4 Å². The van der Waals surface area contributed by atoms with Crippen LogP contribution >= 0.6 is 0 Å². The van der Waals surface area contributed by atoms with E-state index in [1.165, 1.54) is 20.3 Å². The van der Waals surface area contributed by atoms with Crippen LogP contribution in [-0.4, -0.2) is 58.5 Å². The lowest BCUT2D eigenvalue weighted by atomic mass is 9.71. The first-order valence-electron chi connectivity index (χ1n) is 12.3. The minimum Gasteiger partial charge on any atom is -0.504 e. The first-order chi connectivity index (χ1) is 18.3. The van der Waals surface area contributed by atoms with Gasteiger partial charge >= 0.3 is 5.97 Å². The molecule has 2 aliphatic rings. The molecular weight excluding hydrogens is 490 g/mol. The van der Waals surface area contributed by atoms with Crippen LogP contribution < -0.4 is 19.5 Å². The largest absolute Gasteiger partial charge is 0.504 e. The maximum atomic E-state index is 13.8. The van der Waals surface area contributed by atoms with Crippen molar-refractivity contribution < 1.29 is 38.4 Å². The molecule has 38 heavy (non-hydrogen) atoms. The third-order valence-corrected chi connectivity index (χ3v) is 6.98. The quantitative estimate of drug-likeness (QED) is 0.372. The molecule has 202 valence electrons. The molecule has 9 heteroatoms. The van der Waals surface area contributed by atoms with Crippen molar-refractivity contribution in [2.45, 2.75) is 31.6 Å². The lowest BCUT2D eigenvalue weighted by Crippen LogP contribution is -2.36. The first kappa shape index (κ1) is 27.1. The van der Waals surface area contributed by atoms with Gasteiger partial charge in [-0.05, 0) is 54.7 Å². The van der Waals surface area contributed by atoms with Crippen LogP contribution in [0.3, 0.4) is 0 Å². The van der Waals surface area contributed by atoms with E-state index in [2.05, 4.69) is 5.32 Å². The summed E-state index contributed by atoms with van der Waals surface area (Å²) in [5, 5.41) is 13.8. The molecule has 0 unspecified atom stereocenters. The van der Waals surface area contributed by atoms with Crippen LogP contribution in [-0.2, 0) is 19.1 Å². The fourth-order valence-electron chi connectivity index (χ4n) is 5.17. The Labute approximate surface area is 222 Å². The Hall–Kier alpha value is -3.98. The second-order valence-electron chi connectivity index (χ2n) is 9.19. The fourth-order valence-corrected chi connectivity index (χ4v) is 5.17. The Morgan fingerprint density at radius 3 is 2.26 bits per heavy atom. The number of allylic oxidation sites excluding steroid dienone is 3. The number of carbonyl (C=O) groups excluding carboxylic acids is 2. The predicted octanol–water partition coefficient (Wildman–Crippen LogP) is 3.97. The second kappa shape index (κ2) is 11.6. The van der Waals surface area contributed by atoms with Crippen LogP contribution in [0, 0.1) is 0 Å². The molecule has 0 saturated carbocycles. The molecule has 9 nitrogen and oxygen atoms in total. The third kappa shape index (κ3) is 5.19. The lowest BCUT2D eigenvalue weighted by Gasteiger charge is -2.36. The number of Topliss-reactive ketones (excluding diaryl/α,β-unsaturated/α-hetero) is 1. The van der Waals surface area contributed by atoms with E-state index >= 15 is 0 Å². The standard InChI is InChI=1S/C29H33NO8/c1-16-26(29(33)38-11-10-34-2)27(18-7-8-23(35-3)21(31)13-18)28-20(30-16)12-19(14-22(28)32)17-6-9-24(36-4)25(15-17)37-5/h6-9,13,15,19,27,30-31H,10-12,14H2,1-5H3/t19-,27-/m1/s1. The topological polar surface area (TPSA) is 113 Å². The minimum atomic E-state index is -0.711. The summed E-state index contributed by atoms with van der Waals surface area (Å²) in [4.78, 5) is 27.0. The summed E-state index contributed by atoms with van der Waals surface area (Å²) in [5.74, 6) is -0.0191. The Morgan fingerprint density at radius 1 is 0.921 bits per heavy atom. The summed E-state index contributed by atoms with van der Waals surface area (Å²) in [5.41, 5.74) is 3.69. The molecule has 4 rings (SSSR count). The van der Waals surface area contributed by atoms with Crippen LogP contribution in [0.5, 0.6) is 23.0 Å². The molecule has 1 heterocycles. The molecule has 0 aromatic heterocycles. The number of rotatable bonds is 9. The van der Waals surface area contributed by atoms with Gasteiger partial charge in [-0.1, -0.05) is 12.1 Å². The predicted molar refractivity (Wildman–Crippen MR) is 140 cm³/mol. The molecule has 1 aliphatic heterocycles. The van der Waals surface area contributed by atoms with E-state index in [-0.39, 0.29) is 37.1 Å². The number of hydrogen-bond acceptors (Lipinski definition) is 9. The van der Waals surface area contributed by atoms with Crippen molar-refractivity contribution in [2.75, 3.05) is 41.7 Å². The molecule has 0 spiro atoms. The molecule has 1 aliphatic carbocycles. The van der Waals surface area contributed by atoms with Crippen LogP contribution in [0.2, 0.25) is 0 Å². The van der Waals surface area contributed by atoms with Crippen molar-refractivity contribution in [3.8, 4) is 23.0 Å². The van der Waals surface area contributed by atoms with Gasteiger partial charge in [-0.2, -0.15) is 0 Å². The number of ketones is 1. The zero-order valence-electron chi connectivity index (χ0n) is 22.3. The summed E-state index contributed by atoms with van der Waals surface area (Å²) >= 11 is 0. The number of phenols is 1. The Morgan fingerprint density at radius 2 is 1.61 bits per heavy atom. The van der Waals surface area contributed by atoms with E-state index in [1.807, 2.05) is 18.2 Å². The number of benzene rings is 2. The number of hydrogen-bond donors (Lipinski definition) is 2. The highest BCUT2D eigenvalue weighted by Gasteiger charge is 2.41. The van der Waals surface area contributed by atoms with Gasteiger partial charge in [0.2, 0.25) is 0 Å². The molecule has 0 amide bonds. The van der Waals surface area contributed by atoms with Gasteiger partial charge in [0.15, 0.2) is 28.8 Å². The Kier molecular flexibility index (Phi) is 8.26. The van der Waals surface area contributed by atoms with Crippen molar-refractivity contribution in [2.24, 2.45) is 0 Å². The van der Waals surface area contributed by atoms with Gasteiger partial charge in [-0.15, -0.1) is 0 Å². The Balaban J connectivity index is 1.76. The number of carbonyl (C=O) groups is 2. The lowest BCUT2D eigenvalue weighted by molar-refractivity contribution is -0.140. The molecule has 0 bridgehead atoms. The number of methoxy groups -OCH3 is 4. The molecule has 0 saturated heterocycles. The highest BCUT2D eigenvalue weighted by atomic mass is 16.6. The molecular formula is C29H33NO8. The van der Waals surface area contributed by atoms with E-state index in [1.54, 1.807) is 33.3 Å². The summed E-state index contributed by atoms with van der Waals surface area (Å²) in [6.45, 7) is 2.12. The van der Waals surface area contributed by atoms with Crippen molar-refractivity contribution in [3.05, 3.63) is 70.1 Å². The molecule has 2 N–H and O–H groups in total. The van der Waals surface area contributed by atoms with Crippen molar-refractivity contribution in [1.29, 1.82) is 0 Å². The summed E-state index contributed by atoms with van der Waals surface area (Å²) in [6, 6.07) is 10.6. The SMILES string of the molecule is COCCOC(=O)C1=C(C)NC2=C(C(=O)C[C@H](c3ccc(OC)c(OC)c3)C2)[C@@H]1c1ccc(OC)c(O)c1. The third-order valence-electron chi connectivity index (χ3n) is 6.98. The van der Waals surface area contributed by atoms with Crippen LogP contribution in [0.25, 0.3) is 0 Å². The smallest absolute Gasteiger partial charge is 0.336 e. The van der Waals surface area contributed by atoms with Gasteiger partial charge in [0.05, 0.1) is 33.5 Å². The van der Waals surface area contributed by atoms with E-state index in [4.69, 9.17) is 23.7 Å². The maximum Gasteiger partial charge on any atom is 0.336 e. The van der Waals surface area contributed by atoms with Gasteiger partial charge in [-0.3, -0.25) is 4.79 Å². The van der Waals surface area contributed by atoms with Gasteiger partial charge < -0.3 is 34.1 Å². The summed E-state index contributed by atoms with van der Waals surface area (Å²) in [6.07, 6.45) is 0.804. The van der Waals surface area contributed by atoms with E-state index in [0.29, 0.717) is 46.1 Å². The average molecular weight is 524 g/mol. The van der Waals surface area contributed by atoms with Crippen molar-refractivity contribution in [3.63, 3.8) is 0 Å². The first-order valence-corrected chi connectivity index (χ1v) is 12.3. The zero-order valence-corrected chi connectivity index (χ0v) is 22.3. The normalized spacial score (nSPS) is 19.0. The fraction of sp³-hybridized carbons (Fsp3) is 0.379. The Bertz CT molecular complexity index is 1300. The second-order valence-corrected chi connectivity index (χ2v) is 9.19. The summed E-state index contributed by atoms with van der Waals surface area (Å²) in [7, 11) is 6.14. The maximum absolute atomic E-state index is 13.8.